The van der Waals surface area contributed by atoms with Crippen LogP contribution in [0, 0.1) is 6.92 Å². The molecule has 120 valence electrons. The number of rotatable bonds is 5. The minimum Gasteiger partial charge on any atom is -0.378 e. The Balaban J connectivity index is 2.03. The summed E-state index contributed by atoms with van der Waals surface area (Å²) >= 11 is 5.96. The van der Waals surface area contributed by atoms with Crippen LogP contribution >= 0.6 is 11.6 Å². The first kappa shape index (κ1) is 17.1. The van der Waals surface area contributed by atoms with Gasteiger partial charge in [-0.25, -0.2) is 0 Å². The highest BCUT2D eigenvalue weighted by Gasteiger charge is 2.19. The lowest BCUT2D eigenvalue weighted by Gasteiger charge is -2.13. The van der Waals surface area contributed by atoms with Gasteiger partial charge in [0.1, 0.15) is 0 Å². The maximum Gasteiger partial charge on any atom is 0.253 e. The van der Waals surface area contributed by atoms with Gasteiger partial charge in [-0.2, -0.15) is 0 Å². The molecule has 1 atom stereocenters. The quantitative estimate of drug-likeness (QED) is 0.825. The number of aromatic nitrogens is 1. The molecule has 0 saturated heterocycles. The van der Waals surface area contributed by atoms with Crippen LogP contribution in [-0.2, 0) is 11.3 Å². The van der Waals surface area contributed by atoms with Gasteiger partial charge < -0.3 is 10.4 Å². The second kappa shape index (κ2) is 7.35. The molecule has 2 N–H and O–H groups in total. The van der Waals surface area contributed by atoms with E-state index in [1.165, 1.54) is 6.92 Å². The van der Waals surface area contributed by atoms with Crippen molar-refractivity contribution in [3.05, 3.63) is 63.9 Å². The third-order valence-electron chi connectivity index (χ3n) is 3.41. The number of aliphatic hydroxyl groups excluding tert-OH is 1. The van der Waals surface area contributed by atoms with Gasteiger partial charge in [0.25, 0.3) is 5.91 Å². The fourth-order valence-electron chi connectivity index (χ4n) is 2.20. The summed E-state index contributed by atoms with van der Waals surface area (Å²) in [5, 5.41) is 13.0. The molecule has 0 aliphatic rings. The standard InChI is InChI=1S/C17H17ClN2O3/c1-10-13(11(2)21)8-7-12(20-10)9-19-17(23)16(22)14-5-3-4-6-15(14)18/h3-8,16,22H,9H2,1-2H3,(H,19,23)/t16-/m1/s1. The van der Waals surface area contributed by atoms with Gasteiger partial charge in [0.2, 0.25) is 0 Å². The molecule has 1 aromatic carbocycles. The molecule has 0 saturated carbocycles. The van der Waals surface area contributed by atoms with E-state index in [2.05, 4.69) is 10.3 Å². The lowest BCUT2D eigenvalue weighted by atomic mass is 10.1. The molecule has 0 unspecified atom stereocenters. The largest absolute Gasteiger partial charge is 0.378 e. The summed E-state index contributed by atoms with van der Waals surface area (Å²) in [6.07, 6.45) is -1.35. The Hall–Kier alpha value is -2.24. The molecule has 0 aliphatic carbocycles. The van der Waals surface area contributed by atoms with Crippen molar-refractivity contribution in [2.75, 3.05) is 0 Å². The molecule has 0 aliphatic heterocycles. The number of nitrogens with one attached hydrogen (secondary N) is 1. The van der Waals surface area contributed by atoms with Crippen molar-refractivity contribution in [1.29, 1.82) is 0 Å². The van der Waals surface area contributed by atoms with Crippen molar-refractivity contribution < 1.29 is 14.7 Å². The number of nitrogens with zero attached hydrogens (tertiary/aromatic N) is 1. The van der Waals surface area contributed by atoms with Gasteiger partial charge in [0.05, 0.1) is 12.2 Å². The van der Waals surface area contributed by atoms with E-state index < -0.39 is 12.0 Å². The molecule has 2 rings (SSSR count). The zero-order chi connectivity index (χ0) is 17.0. The maximum atomic E-state index is 12.0. The van der Waals surface area contributed by atoms with Crippen LogP contribution in [0.25, 0.3) is 0 Å². The van der Waals surface area contributed by atoms with Crippen LogP contribution in [0.5, 0.6) is 0 Å². The number of halogens is 1. The summed E-state index contributed by atoms with van der Waals surface area (Å²) in [5.74, 6) is -0.618. The second-order valence-corrected chi connectivity index (χ2v) is 5.54. The van der Waals surface area contributed by atoms with Gasteiger partial charge in [-0.05, 0) is 32.0 Å². The van der Waals surface area contributed by atoms with Gasteiger partial charge in [0, 0.05) is 21.8 Å². The summed E-state index contributed by atoms with van der Waals surface area (Å²) in [6.45, 7) is 3.37. The highest BCUT2D eigenvalue weighted by Crippen LogP contribution is 2.22. The van der Waals surface area contributed by atoms with Crippen LogP contribution < -0.4 is 5.32 Å². The molecule has 6 heteroatoms. The SMILES string of the molecule is CC(=O)c1ccc(CNC(=O)[C@H](O)c2ccccc2Cl)nc1C. The number of amides is 1. The van der Waals surface area contributed by atoms with Crippen molar-refractivity contribution in [3.63, 3.8) is 0 Å². The van der Waals surface area contributed by atoms with E-state index in [-0.39, 0.29) is 12.3 Å². The van der Waals surface area contributed by atoms with Gasteiger partial charge in [0.15, 0.2) is 11.9 Å². The van der Waals surface area contributed by atoms with Crippen LogP contribution in [0.3, 0.4) is 0 Å². The number of pyridine rings is 1. The van der Waals surface area contributed by atoms with Gasteiger partial charge >= 0.3 is 0 Å². The molecular formula is C17H17ClN2O3. The summed E-state index contributed by atoms with van der Waals surface area (Å²) in [7, 11) is 0. The number of Topliss-reactive ketones (excluding diaryl/α,β-unsaturated/α-hetero) is 1. The number of hydrogen-bond acceptors (Lipinski definition) is 4. The van der Waals surface area contributed by atoms with E-state index in [1.54, 1.807) is 43.3 Å². The monoisotopic (exact) mass is 332 g/mol. The average Bonchev–Trinajstić information content (AvgIpc) is 2.52. The van der Waals surface area contributed by atoms with Crippen LogP contribution in [-0.4, -0.2) is 21.8 Å². The zero-order valence-electron chi connectivity index (χ0n) is 12.8. The average molecular weight is 333 g/mol. The van der Waals surface area contributed by atoms with Crippen molar-refractivity contribution in [2.24, 2.45) is 0 Å². The molecule has 0 fully saturated rings. The minimum atomic E-state index is -1.35. The zero-order valence-corrected chi connectivity index (χ0v) is 13.6. The molecule has 1 aromatic heterocycles. The molecule has 23 heavy (non-hydrogen) atoms. The number of carbonyl (C=O) groups is 2. The van der Waals surface area contributed by atoms with E-state index in [9.17, 15) is 14.7 Å². The van der Waals surface area contributed by atoms with E-state index in [4.69, 9.17) is 11.6 Å². The topological polar surface area (TPSA) is 79.3 Å². The van der Waals surface area contributed by atoms with Gasteiger partial charge in [-0.1, -0.05) is 29.8 Å². The lowest BCUT2D eigenvalue weighted by Crippen LogP contribution is -2.29. The number of benzene rings is 1. The summed E-state index contributed by atoms with van der Waals surface area (Å²) in [5.41, 5.74) is 2.11. The predicted octanol–water partition coefficient (Wildman–Crippen LogP) is 2.60. The molecule has 0 spiro atoms. The summed E-state index contributed by atoms with van der Waals surface area (Å²) in [6, 6.07) is 9.97. The smallest absolute Gasteiger partial charge is 0.253 e. The third kappa shape index (κ3) is 4.15. The van der Waals surface area contributed by atoms with E-state index in [0.717, 1.165) is 0 Å². The molecule has 0 bridgehead atoms. The van der Waals surface area contributed by atoms with Crippen LogP contribution in [0.15, 0.2) is 36.4 Å². The number of aryl methyl sites for hydroxylation is 1. The predicted molar refractivity (Wildman–Crippen MR) is 87.2 cm³/mol. The van der Waals surface area contributed by atoms with E-state index in [0.29, 0.717) is 27.5 Å². The van der Waals surface area contributed by atoms with Crippen LogP contribution in [0.4, 0.5) is 0 Å². The van der Waals surface area contributed by atoms with Crippen molar-refractivity contribution in [1.82, 2.24) is 10.3 Å². The highest BCUT2D eigenvalue weighted by atomic mass is 35.5. The normalized spacial score (nSPS) is 11.8. The minimum absolute atomic E-state index is 0.0558. The highest BCUT2D eigenvalue weighted by molar-refractivity contribution is 6.31. The lowest BCUT2D eigenvalue weighted by molar-refractivity contribution is -0.129. The molecule has 1 heterocycles. The van der Waals surface area contributed by atoms with E-state index in [1.807, 2.05) is 0 Å². The first-order chi connectivity index (χ1) is 10.9. The number of aliphatic hydroxyl groups is 1. The second-order valence-electron chi connectivity index (χ2n) is 5.13. The maximum absolute atomic E-state index is 12.0. The Bertz CT molecular complexity index is 746. The number of hydrogen-bond donors (Lipinski definition) is 2. The Morgan fingerprint density at radius 3 is 2.57 bits per heavy atom. The third-order valence-corrected chi connectivity index (χ3v) is 3.76. The molecule has 5 nitrogen and oxygen atoms in total. The van der Waals surface area contributed by atoms with Crippen molar-refractivity contribution in [2.45, 2.75) is 26.5 Å². The van der Waals surface area contributed by atoms with Crippen molar-refractivity contribution >= 4 is 23.3 Å². The number of ketones is 1. The summed E-state index contributed by atoms with van der Waals surface area (Å²) in [4.78, 5) is 27.7. The molecule has 1 amide bonds. The molecular weight excluding hydrogens is 316 g/mol. The summed E-state index contributed by atoms with van der Waals surface area (Å²) < 4.78 is 0. The Morgan fingerprint density at radius 2 is 1.96 bits per heavy atom. The first-order valence-electron chi connectivity index (χ1n) is 7.08. The molecule has 0 radical (unpaired) electrons. The Labute approximate surface area is 139 Å². The van der Waals surface area contributed by atoms with Crippen LogP contribution in [0.1, 0.15) is 40.3 Å². The fraction of sp³-hybridized carbons (Fsp3) is 0.235. The van der Waals surface area contributed by atoms with E-state index >= 15 is 0 Å². The molecule has 2 aromatic rings. The van der Waals surface area contributed by atoms with Crippen LogP contribution in [0.2, 0.25) is 5.02 Å². The fourth-order valence-corrected chi connectivity index (χ4v) is 2.44. The number of carbonyl (C=O) groups excluding carboxylic acids is 2. The Morgan fingerprint density at radius 1 is 1.26 bits per heavy atom. The van der Waals surface area contributed by atoms with Gasteiger partial charge in [-0.3, -0.25) is 14.6 Å². The van der Waals surface area contributed by atoms with Gasteiger partial charge in [-0.15, -0.1) is 0 Å². The van der Waals surface area contributed by atoms with Crippen molar-refractivity contribution in [3.8, 4) is 0 Å². The first-order valence-corrected chi connectivity index (χ1v) is 7.45. The Kier molecular flexibility index (Phi) is 5.47.